The highest BCUT2D eigenvalue weighted by Crippen LogP contribution is 2.50. The zero-order chi connectivity index (χ0) is 31.5. The van der Waals surface area contributed by atoms with Gasteiger partial charge in [0.15, 0.2) is 0 Å². The highest BCUT2D eigenvalue weighted by atomic mass is 31.2. The minimum Gasteiger partial charge on any atom is -0.480 e. The number of hydrogen-bond acceptors (Lipinski definition) is 10. The lowest BCUT2D eigenvalue weighted by Gasteiger charge is -2.25. The third-order valence-corrected chi connectivity index (χ3v) is 8.85. The molecule has 2 aliphatic carbocycles. The van der Waals surface area contributed by atoms with Crippen LogP contribution in [0.25, 0.3) is 0 Å². The lowest BCUT2D eigenvalue weighted by atomic mass is 9.98. The van der Waals surface area contributed by atoms with E-state index in [2.05, 4.69) is 4.76 Å². The van der Waals surface area contributed by atoms with Crippen LogP contribution in [0, 0.1) is 0 Å². The second-order valence-corrected chi connectivity index (χ2v) is 12.5. The summed E-state index contributed by atoms with van der Waals surface area (Å²) < 4.78 is 49.2. The maximum absolute atomic E-state index is 13.4. The highest BCUT2D eigenvalue weighted by Gasteiger charge is 2.29. The molecule has 0 amide bonds. The van der Waals surface area contributed by atoms with Crippen molar-refractivity contribution in [2.24, 2.45) is 10.5 Å². The average Bonchev–Trinajstić information content (AvgIpc) is 2.98. The van der Waals surface area contributed by atoms with Crippen molar-refractivity contribution in [2.75, 3.05) is 33.5 Å². The molecule has 3 N–H and O–H groups in total. The van der Waals surface area contributed by atoms with Gasteiger partial charge in [0, 0.05) is 7.05 Å². The van der Waals surface area contributed by atoms with Crippen molar-refractivity contribution < 1.29 is 52.1 Å². The standard InChI is InChI=1S/C28H50N3O11P/c1-3-24(25(32)33)31(2)26(29)30-43(36,39-20-12-10-18-37-27(34)41-22-14-6-4-7-15-22)40-21-13-11-19-38-28(35)42-23-16-8-5-9-17-23/h22-24H,3-21H2,1-2H3,(H,32,33)(H2,29,30,36). The number of guanidine groups is 1. The molecule has 14 nitrogen and oxygen atoms in total. The predicted molar refractivity (Wildman–Crippen MR) is 158 cm³/mol. The second kappa shape index (κ2) is 20.4. The molecule has 0 aromatic carbocycles. The number of carboxylic acids is 1. The Morgan fingerprint density at radius 3 is 1.63 bits per heavy atom. The van der Waals surface area contributed by atoms with Crippen molar-refractivity contribution in [3.63, 3.8) is 0 Å². The lowest BCUT2D eigenvalue weighted by molar-refractivity contribution is -0.141. The number of carbonyl (C=O) groups is 3. The Kier molecular flexibility index (Phi) is 17.4. The molecule has 0 aromatic heterocycles. The number of rotatable bonds is 18. The van der Waals surface area contributed by atoms with E-state index >= 15 is 0 Å². The number of nitrogens with two attached hydrogens (primary N) is 1. The first-order valence-corrected chi connectivity index (χ1v) is 17.0. The van der Waals surface area contributed by atoms with E-state index in [9.17, 15) is 24.1 Å². The SMILES string of the molecule is CCC(C(=O)O)N(C)C(N)=NP(=O)(OCCCCOC(=O)OC1CCCCC1)OCCCCOC(=O)OC1CCCCC1. The minimum absolute atomic E-state index is 0.0366. The van der Waals surface area contributed by atoms with Crippen LogP contribution in [0.3, 0.4) is 0 Å². The zero-order valence-corrected chi connectivity index (χ0v) is 26.5. The molecule has 1 atom stereocenters. The molecule has 2 rings (SSSR count). The zero-order valence-electron chi connectivity index (χ0n) is 25.6. The smallest absolute Gasteiger partial charge is 0.480 e. The summed E-state index contributed by atoms with van der Waals surface area (Å²) in [4.78, 5) is 36.5. The fourth-order valence-electron chi connectivity index (χ4n) is 4.85. The molecule has 0 aromatic rings. The molecule has 1 unspecified atom stereocenters. The first-order chi connectivity index (χ1) is 20.6. The van der Waals surface area contributed by atoms with Gasteiger partial charge in [-0.25, -0.2) is 18.9 Å². The first kappa shape index (κ1) is 36.6. The fourth-order valence-corrected chi connectivity index (χ4v) is 6.15. The summed E-state index contributed by atoms with van der Waals surface area (Å²) >= 11 is 0. The van der Waals surface area contributed by atoms with E-state index in [-0.39, 0.29) is 51.0 Å². The Hall–Kier alpha value is -2.57. The van der Waals surface area contributed by atoms with Gasteiger partial charge in [-0.15, -0.1) is 4.76 Å². The quantitative estimate of drug-likeness (QED) is 0.0608. The Labute approximate surface area is 254 Å². The van der Waals surface area contributed by atoms with Crippen LogP contribution < -0.4 is 5.73 Å². The maximum atomic E-state index is 13.4. The summed E-state index contributed by atoms with van der Waals surface area (Å²) in [5.41, 5.74) is 5.98. The van der Waals surface area contributed by atoms with E-state index in [0.29, 0.717) is 25.7 Å². The van der Waals surface area contributed by atoms with E-state index in [0.717, 1.165) is 64.2 Å². The summed E-state index contributed by atoms with van der Waals surface area (Å²) in [6.45, 7) is 1.81. The van der Waals surface area contributed by atoms with E-state index < -0.39 is 32.1 Å². The number of likely N-dealkylation sites (N-methyl/N-ethyl adjacent to an activating group) is 1. The number of aliphatic carboxylic acids is 1. The molecule has 0 saturated heterocycles. The van der Waals surface area contributed by atoms with Crippen LogP contribution in [0.4, 0.5) is 9.59 Å². The van der Waals surface area contributed by atoms with Crippen LogP contribution in [0.1, 0.15) is 103 Å². The molecule has 2 fully saturated rings. The summed E-state index contributed by atoms with van der Waals surface area (Å²) in [5, 5.41) is 9.43. The van der Waals surface area contributed by atoms with Crippen LogP contribution in [-0.2, 0) is 37.4 Å². The first-order valence-electron chi connectivity index (χ1n) is 15.5. The van der Waals surface area contributed by atoms with Crippen LogP contribution in [0.2, 0.25) is 0 Å². The van der Waals surface area contributed by atoms with Crippen LogP contribution in [-0.4, -0.2) is 86.0 Å². The maximum Gasteiger partial charge on any atom is 0.508 e. The van der Waals surface area contributed by atoms with Crippen LogP contribution in [0.15, 0.2) is 4.76 Å². The number of nitrogens with zero attached hydrogens (tertiary/aromatic N) is 2. The Bertz CT molecular complexity index is 876. The average molecular weight is 636 g/mol. The number of carboxylic acid groups (broad SMARTS) is 1. The molecule has 248 valence electrons. The minimum atomic E-state index is -4.13. The van der Waals surface area contributed by atoms with Crippen molar-refractivity contribution in [1.29, 1.82) is 0 Å². The van der Waals surface area contributed by atoms with Crippen LogP contribution >= 0.6 is 7.75 Å². The number of unbranched alkanes of at least 4 members (excludes halogenated alkanes) is 2. The predicted octanol–water partition coefficient (Wildman–Crippen LogP) is 5.77. The van der Waals surface area contributed by atoms with Gasteiger partial charge in [-0.05, 0) is 83.5 Å². The molecular weight excluding hydrogens is 585 g/mol. The summed E-state index contributed by atoms with van der Waals surface area (Å²) in [6.07, 6.45) is 10.1. The van der Waals surface area contributed by atoms with Gasteiger partial charge in [0.1, 0.15) is 18.2 Å². The molecule has 0 aliphatic heterocycles. The monoisotopic (exact) mass is 635 g/mol. The number of hydrogen-bond donors (Lipinski definition) is 2. The largest absolute Gasteiger partial charge is 0.508 e. The Morgan fingerprint density at radius 2 is 1.23 bits per heavy atom. The van der Waals surface area contributed by atoms with Gasteiger partial charge in [-0.3, -0.25) is 9.05 Å². The van der Waals surface area contributed by atoms with Gasteiger partial charge in [0.05, 0.1) is 26.4 Å². The third-order valence-electron chi connectivity index (χ3n) is 7.38. The van der Waals surface area contributed by atoms with Crippen molar-refractivity contribution in [3.05, 3.63) is 0 Å². The molecule has 43 heavy (non-hydrogen) atoms. The number of ether oxygens (including phenoxy) is 4. The Balaban J connectivity index is 1.78. The van der Waals surface area contributed by atoms with Crippen LogP contribution in [0.5, 0.6) is 0 Å². The van der Waals surface area contributed by atoms with Gasteiger partial charge in [0.2, 0.25) is 5.96 Å². The molecule has 0 heterocycles. The third kappa shape index (κ3) is 15.1. The van der Waals surface area contributed by atoms with E-state index in [1.165, 1.54) is 11.9 Å². The second-order valence-electron chi connectivity index (χ2n) is 10.8. The normalized spacial score (nSPS) is 17.6. The summed E-state index contributed by atoms with van der Waals surface area (Å²) in [5.74, 6) is -1.41. The van der Waals surface area contributed by atoms with E-state index in [1.807, 2.05) is 0 Å². The van der Waals surface area contributed by atoms with Gasteiger partial charge in [-0.2, -0.15) is 0 Å². The summed E-state index contributed by atoms with van der Waals surface area (Å²) in [7, 11) is -2.70. The molecular formula is C28H50N3O11P. The molecule has 15 heteroatoms. The fraction of sp³-hybridized carbons (Fsp3) is 0.857. The molecule has 2 aliphatic rings. The molecule has 0 bridgehead atoms. The van der Waals surface area contributed by atoms with Gasteiger partial charge in [-0.1, -0.05) is 19.8 Å². The topological polar surface area (TPSA) is 186 Å². The Morgan fingerprint density at radius 1 is 0.814 bits per heavy atom. The van der Waals surface area contributed by atoms with Crippen molar-refractivity contribution in [3.8, 4) is 0 Å². The van der Waals surface area contributed by atoms with Crippen molar-refractivity contribution in [1.82, 2.24) is 4.90 Å². The van der Waals surface area contributed by atoms with Gasteiger partial charge in [0.25, 0.3) is 0 Å². The molecule has 2 saturated carbocycles. The van der Waals surface area contributed by atoms with Gasteiger partial charge < -0.3 is 34.7 Å². The van der Waals surface area contributed by atoms with Crippen molar-refractivity contribution >= 4 is 32.0 Å². The molecule has 0 spiro atoms. The molecule has 0 radical (unpaired) electrons. The highest BCUT2D eigenvalue weighted by molar-refractivity contribution is 7.52. The van der Waals surface area contributed by atoms with Gasteiger partial charge >= 0.3 is 26.0 Å². The van der Waals surface area contributed by atoms with Crippen molar-refractivity contribution in [2.45, 2.75) is 121 Å². The lowest BCUT2D eigenvalue weighted by Crippen LogP contribution is -2.45. The summed E-state index contributed by atoms with van der Waals surface area (Å²) in [6, 6.07) is -0.978. The van der Waals surface area contributed by atoms with E-state index in [1.54, 1.807) is 6.92 Å². The number of carbonyl (C=O) groups excluding carboxylic acids is 2. The van der Waals surface area contributed by atoms with E-state index in [4.69, 9.17) is 33.7 Å².